The van der Waals surface area contributed by atoms with E-state index in [1.54, 1.807) is 20.8 Å². The van der Waals surface area contributed by atoms with Crippen molar-refractivity contribution in [2.24, 2.45) is 0 Å². The van der Waals surface area contributed by atoms with Crippen LogP contribution in [0.2, 0.25) is 0 Å². The maximum atomic E-state index is 12.3. The Morgan fingerprint density at radius 3 is 2.46 bits per heavy atom. The fourth-order valence-corrected chi connectivity index (χ4v) is 3.41. The smallest absolute Gasteiger partial charge is 0.381 e. The van der Waals surface area contributed by atoms with Crippen molar-refractivity contribution in [2.45, 2.75) is 27.3 Å². The standard InChI is InChI=1S/C16H18N4O7S/c1-4-26-15(22)12-9(3)13(16(23)27-5-2)28-14(12)18-11(21)7-19-6-10(17-8-19)20(24)25/h6,8H,4-5,7H2,1-3H3,(H,18,21). The summed E-state index contributed by atoms with van der Waals surface area (Å²) in [6.45, 7) is 4.86. The Morgan fingerprint density at radius 1 is 1.25 bits per heavy atom. The molecule has 0 aliphatic heterocycles. The van der Waals surface area contributed by atoms with Crippen molar-refractivity contribution in [2.75, 3.05) is 18.5 Å². The van der Waals surface area contributed by atoms with Gasteiger partial charge >= 0.3 is 17.8 Å². The highest BCUT2D eigenvalue weighted by Crippen LogP contribution is 2.34. The van der Waals surface area contributed by atoms with Gasteiger partial charge in [-0.15, -0.1) is 11.3 Å². The summed E-state index contributed by atoms with van der Waals surface area (Å²) in [4.78, 5) is 50.4. The normalized spacial score (nSPS) is 10.4. The highest BCUT2D eigenvalue weighted by atomic mass is 32.1. The molecule has 2 heterocycles. The summed E-state index contributed by atoms with van der Waals surface area (Å²) in [6, 6.07) is 0. The van der Waals surface area contributed by atoms with Crippen LogP contribution in [0.5, 0.6) is 0 Å². The molecule has 0 atom stereocenters. The summed E-state index contributed by atoms with van der Waals surface area (Å²) in [7, 11) is 0. The fraction of sp³-hybridized carbons (Fsp3) is 0.375. The monoisotopic (exact) mass is 410 g/mol. The predicted octanol–water partition coefficient (Wildman–Crippen LogP) is 2.15. The van der Waals surface area contributed by atoms with Gasteiger partial charge in [0.1, 0.15) is 22.6 Å². The van der Waals surface area contributed by atoms with Crippen LogP contribution in [0.15, 0.2) is 12.5 Å². The second-order valence-corrected chi connectivity index (χ2v) is 6.43. The highest BCUT2D eigenvalue weighted by Gasteiger charge is 2.27. The van der Waals surface area contributed by atoms with Crippen molar-refractivity contribution in [1.82, 2.24) is 9.55 Å². The van der Waals surface area contributed by atoms with Crippen molar-refractivity contribution >= 4 is 40.0 Å². The quantitative estimate of drug-likeness (QED) is 0.396. The Labute approximate surface area is 163 Å². The second-order valence-electron chi connectivity index (χ2n) is 5.41. The van der Waals surface area contributed by atoms with Gasteiger partial charge in [-0.1, -0.05) is 0 Å². The molecular formula is C16H18N4O7S. The van der Waals surface area contributed by atoms with Crippen molar-refractivity contribution in [3.63, 3.8) is 0 Å². The number of nitrogens with one attached hydrogen (secondary N) is 1. The van der Waals surface area contributed by atoms with Crippen LogP contribution >= 0.6 is 11.3 Å². The number of hydrogen-bond acceptors (Lipinski definition) is 9. The lowest BCUT2D eigenvalue weighted by molar-refractivity contribution is -0.389. The lowest BCUT2D eigenvalue weighted by Gasteiger charge is -2.07. The van der Waals surface area contributed by atoms with Gasteiger partial charge in [0.2, 0.25) is 12.2 Å². The van der Waals surface area contributed by atoms with Crippen LogP contribution in [0, 0.1) is 17.0 Å². The topological polar surface area (TPSA) is 143 Å². The number of amides is 1. The minimum atomic E-state index is -0.680. The van der Waals surface area contributed by atoms with E-state index in [0.29, 0.717) is 5.56 Å². The summed E-state index contributed by atoms with van der Waals surface area (Å²) >= 11 is 0.897. The molecule has 0 aliphatic rings. The van der Waals surface area contributed by atoms with Gasteiger partial charge in [-0.25, -0.2) is 9.59 Å². The summed E-state index contributed by atoms with van der Waals surface area (Å²) in [5.74, 6) is -2.24. The molecule has 2 aromatic rings. The molecule has 0 unspecified atom stereocenters. The number of thiophene rings is 1. The van der Waals surface area contributed by atoms with E-state index >= 15 is 0 Å². The number of aromatic nitrogens is 2. The Balaban J connectivity index is 2.27. The third-order valence-electron chi connectivity index (χ3n) is 3.47. The van der Waals surface area contributed by atoms with Crippen molar-refractivity contribution < 1.29 is 28.8 Å². The molecule has 1 N–H and O–H groups in total. The van der Waals surface area contributed by atoms with Crippen LogP contribution < -0.4 is 5.32 Å². The summed E-state index contributed by atoms with van der Waals surface area (Å²) < 4.78 is 11.2. The van der Waals surface area contributed by atoms with E-state index in [2.05, 4.69) is 10.3 Å². The van der Waals surface area contributed by atoms with Gasteiger partial charge in [-0.2, -0.15) is 0 Å². The SMILES string of the molecule is CCOC(=O)c1sc(NC(=O)Cn2cnc([N+](=O)[O-])c2)c(C(=O)OCC)c1C. The van der Waals surface area contributed by atoms with Gasteiger partial charge in [-0.05, 0) is 36.2 Å². The first-order valence-corrected chi connectivity index (χ1v) is 9.03. The highest BCUT2D eigenvalue weighted by molar-refractivity contribution is 7.18. The average Bonchev–Trinajstić information content (AvgIpc) is 3.20. The molecule has 0 aromatic carbocycles. The number of imidazole rings is 1. The average molecular weight is 410 g/mol. The molecular weight excluding hydrogens is 392 g/mol. The second kappa shape index (κ2) is 9.08. The number of carbonyl (C=O) groups is 3. The van der Waals surface area contributed by atoms with Crippen molar-refractivity contribution in [3.05, 3.63) is 38.6 Å². The zero-order chi connectivity index (χ0) is 20.8. The number of ether oxygens (including phenoxy) is 2. The van der Waals surface area contributed by atoms with E-state index in [1.165, 1.54) is 4.57 Å². The molecule has 0 bridgehead atoms. The third-order valence-corrected chi connectivity index (χ3v) is 4.66. The molecule has 11 nitrogen and oxygen atoms in total. The molecule has 2 rings (SSSR count). The van der Waals surface area contributed by atoms with E-state index in [1.807, 2.05) is 0 Å². The molecule has 0 fully saturated rings. The van der Waals surface area contributed by atoms with Gasteiger partial charge < -0.3 is 29.5 Å². The van der Waals surface area contributed by atoms with Crippen molar-refractivity contribution in [1.29, 1.82) is 0 Å². The number of rotatable bonds is 8. The number of anilines is 1. The number of hydrogen-bond donors (Lipinski definition) is 1. The summed E-state index contributed by atoms with van der Waals surface area (Å²) in [5.41, 5.74) is 0.412. The van der Waals surface area contributed by atoms with Crippen LogP contribution in [0.3, 0.4) is 0 Å². The molecule has 0 saturated heterocycles. The zero-order valence-electron chi connectivity index (χ0n) is 15.4. The first-order valence-electron chi connectivity index (χ1n) is 8.22. The maximum Gasteiger partial charge on any atom is 0.381 e. The van der Waals surface area contributed by atoms with E-state index in [0.717, 1.165) is 23.9 Å². The largest absolute Gasteiger partial charge is 0.462 e. The zero-order valence-corrected chi connectivity index (χ0v) is 16.2. The minimum Gasteiger partial charge on any atom is -0.462 e. The molecule has 150 valence electrons. The van der Waals surface area contributed by atoms with Gasteiger partial charge in [0.25, 0.3) is 0 Å². The Morgan fingerprint density at radius 2 is 1.89 bits per heavy atom. The predicted molar refractivity (Wildman–Crippen MR) is 98.5 cm³/mol. The number of nitrogens with zero attached hydrogens (tertiary/aromatic N) is 3. The molecule has 0 saturated carbocycles. The molecule has 1 amide bonds. The molecule has 0 spiro atoms. The number of nitro groups is 1. The Hall–Kier alpha value is -3.28. The minimum absolute atomic E-state index is 0.0693. The lowest BCUT2D eigenvalue weighted by Crippen LogP contribution is -2.19. The van der Waals surface area contributed by atoms with Gasteiger partial charge in [-0.3, -0.25) is 4.79 Å². The molecule has 12 heteroatoms. The van der Waals surface area contributed by atoms with Crippen LogP contribution in [0.25, 0.3) is 0 Å². The molecule has 0 aliphatic carbocycles. The van der Waals surface area contributed by atoms with E-state index in [4.69, 9.17) is 9.47 Å². The van der Waals surface area contributed by atoms with Gasteiger partial charge in [0.15, 0.2) is 0 Å². The van der Waals surface area contributed by atoms with Gasteiger partial charge in [0.05, 0.1) is 18.8 Å². The first kappa shape index (κ1) is 21.0. The van der Waals surface area contributed by atoms with Crippen LogP contribution in [-0.2, 0) is 20.8 Å². The third kappa shape index (κ3) is 4.71. The summed E-state index contributed by atoms with van der Waals surface area (Å²) in [6.07, 6.45) is 2.25. The Bertz CT molecular complexity index is 918. The lowest BCUT2D eigenvalue weighted by atomic mass is 10.1. The maximum absolute atomic E-state index is 12.3. The Kier molecular flexibility index (Phi) is 6.82. The van der Waals surface area contributed by atoms with Gasteiger partial charge in [0, 0.05) is 0 Å². The first-order chi connectivity index (χ1) is 13.3. The van der Waals surface area contributed by atoms with E-state index in [9.17, 15) is 24.5 Å². The van der Waals surface area contributed by atoms with Crippen LogP contribution in [0.1, 0.15) is 39.4 Å². The number of carbonyl (C=O) groups excluding carboxylic acids is 3. The molecule has 2 aromatic heterocycles. The van der Waals surface area contributed by atoms with E-state index < -0.39 is 28.6 Å². The van der Waals surface area contributed by atoms with Crippen LogP contribution in [-0.4, -0.2) is 45.5 Å². The number of esters is 2. The van der Waals surface area contributed by atoms with E-state index in [-0.39, 0.29) is 35.2 Å². The fourth-order valence-electron chi connectivity index (χ4n) is 2.30. The van der Waals surface area contributed by atoms with Crippen molar-refractivity contribution in [3.8, 4) is 0 Å². The molecule has 28 heavy (non-hydrogen) atoms. The molecule has 0 radical (unpaired) electrons. The summed E-state index contributed by atoms with van der Waals surface area (Å²) in [5, 5.41) is 13.4. The van der Waals surface area contributed by atoms with Crippen LogP contribution in [0.4, 0.5) is 10.8 Å².